The van der Waals surface area contributed by atoms with Crippen LogP contribution in [0.2, 0.25) is 0 Å². The van der Waals surface area contributed by atoms with Crippen molar-refractivity contribution in [3.05, 3.63) is 29.6 Å². The summed E-state index contributed by atoms with van der Waals surface area (Å²) >= 11 is 0. The van der Waals surface area contributed by atoms with E-state index in [2.05, 4.69) is 0 Å². The van der Waals surface area contributed by atoms with Crippen LogP contribution in [0.1, 0.15) is 18.4 Å². The lowest BCUT2D eigenvalue weighted by Gasteiger charge is -2.29. The highest BCUT2D eigenvalue weighted by Gasteiger charge is 2.30. The van der Waals surface area contributed by atoms with Gasteiger partial charge in [0.05, 0.1) is 0 Å². The zero-order valence-electron chi connectivity index (χ0n) is 10.7. The van der Waals surface area contributed by atoms with Crippen molar-refractivity contribution in [1.29, 1.82) is 0 Å². The van der Waals surface area contributed by atoms with Gasteiger partial charge in [-0.3, -0.25) is 0 Å². The second-order valence-corrected chi connectivity index (χ2v) is 6.61. The van der Waals surface area contributed by atoms with Crippen LogP contribution < -0.4 is 5.73 Å². The Morgan fingerprint density at radius 1 is 1.42 bits per heavy atom. The van der Waals surface area contributed by atoms with Crippen LogP contribution in [-0.2, 0) is 10.0 Å². The van der Waals surface area contributed by atoms with Crippen LogP contribution in [-0.4, -0.2) is 31.9 Å². The minimum atomic E-state index is -3.76. The van der Waals surface area contributed by atoms with Crippen LogP contribution >= 0.6 is 12.4 Å². The second kappa shape index (κ2) is 6.17. The lowest BCUT2D eigenvalue weighted by Crippen LogP contribution is -2.45. The summed E-state index contributed by atoms with van der Waals surface area (Å²) in [5.74, 6) is -0.700. The van der Waals surface area contributed by atoms with Gasteiger partial charge >= 0.3 is 0 Å². The lowest BCUT2D eigenvalue weighted by atomic mass is 10.1. The number of hydrogen-bond donors (Lipinski definition) is 1. The maximum Gasteiger partial charge on any atom is 0.246 e. The summed E-state index contributed by atoms with van der Waals surface area (Å²) in [6.07, 6.45) is 1.52. The molecule has 0 saturated carbocycles. The molecule has 7 heteroatoms. The van der Waals surface area contributed by atoms with Crippen molar-refractivity contribution in [2.75, 3.05) is 13.1 Å². The zero-order chi connectivity index (χ0) is 13.3. The average molecular weight is 309 g/mol. The quantitative estimate of drug-likeness (QED) is 0.904. The van der Waals surface area contributed by atoms with E-state index in [0.717, 1.165) is 6.42 Å². The molecule has 0 spiro atoms. The van der Waals surface area contributed by atoms with Gasteiger partial charge in [0.25, 0.3) is 0 Å². The highest BCUT2D eigenvalue weighted by atomic mass is 35.5. The Kier molecular flexibility index (Phi) is 5.32. The molecule has 1 aliphatic rings. The molecule has 1 heterocycles. The molecule has 0 bridgehead atoms. The van der Waals surface area contributed by atoms with E-state index in [-0.39, 0.29) is 29.9 Å². The van der Waals surface area contributed by atoms with E-state index in [0.29, 0.717) is 18.5 Å². The van der Waals surface area contributed by atoms with Gasteiger partial charge in [0.2, 0.25) is 10.0 Å². The van der Waals surface area contributed by atoms with Crippen molar-refractivity contribution in [3.63, 3.8) is 0 Å². The summed E-state index contributed by atoms with van der Waals surface area (Å²) in [6, 6.07) is 3.98. The van der Waals surface area contributed by atoms with Crippen LogP contribution in [0.3, 0.4) is 0 Å². The maximum atomic E-state index is 13.8. The zero-order valence-corrected chi connectivity index (χ0v) is 12.3. The number of halogens is 2. The van der Waals surface area contributed by atoms with E-state index >= 15 is 0 Å². The van der Waals surface area contributed by atoms with E-state index < -0.39 is 15.8 Å². The minimum absolute atomic E-state index is 0. The highest BCUT2D eigenvalue weighted by molar-refractivity contribution is 7.89. The molecule has 108 valence electrons. The van der Waals surface area contributed by atoms with Gasteiger partial charge in [0, 0.05) is 19.1 Å². The molecule has 0 amide bonds. The first-order chi connectivity index (χ1) is 8.41. The number of nitrogens with zero attached hydrogens (tertiary/aromatic N) is 1. The minimum Gasteiger partial charge on any atom is -0.327 e. The van der Waals surface area contributed by atoms with Crippen molar-refractivity contribution in [3.8, 4) is 0 Å². The van der Waals surface area contributed by atoms with Gasteiger partial charge in [0.15, 0.2) is 0 Å². The number of hydrogen-bond acceptors (Lipinski definition) is 3. The molecular weight excluding hydrogens is 291 g/mol. The largest absolute Gasteiger partial charge is 0.327 e. The average Bonchev–Trinajstić information content (AvgIpc) is 2.28. The summed E-state index contributed by atoms with van der Waals surface area (Å²) in [5.41, 5.74) is 6.46. The van der Waals surface area contributed by atoms with Gasteiger partial charge in [-0.25, -0.2) is 12.8 Å². The smallest absolute Gasteiger partial charge is 0.246 e. The van der Waals surface area contributed by atoms with Crippen molar-refractivity contribution in [2.24, 2.45) is 5.73 Å². The van der Waals surface area contributed by atoms with Crippen LogP contribution in [0.15, 0.2) is 23.1 Å². The molecule has 2 rings (SSSR count). The number of sulfonamides is 1. The SMILES string of the molecule is Cc1ccc(S(=O)(=O)N2CCCC(N)C2)c(F)c1.Cl. The molecule has 2 N–H and O–H groups in total. The summed E-state index contributed by atoms with van der Waals surface area (Å²) < 4.78 is 39.6. The fourth-order valence-electron chi connectivity index (χ4n) is 2.15. The molecule has 1 atom stereocenters. The summed E-state index contributed by atoms with van der Waals surface area (Å²) in [4.78, 5) is -0.262. The Labute approximate surface area is 119 Å². The van der Waals surface area contributed by atoms with E-state index in [1.807, 2.05) is 0 Å². The van der Waals surface area contributed by atoms with Crippen molar-refractivity contribution >= 4 is 22.4 Å². The van der Waals surface area contributed by atoms with Crippen molar-refractivity contribution < 1.29 is 12.8 Å². The number of rotatable bonds is 2. The van der Waals surface area contributed by atoms with Crippen molar-refractivity contribution in [1.82, 2.24) is 4.31 Å². The van der Waals surface area contributed by atoms with Gasteiger partial charge < -0.3 is 5.73 Å². The third-order valence-electron chi connectivity index (χ3n) is 3.13. The normalized spacial score (nSPS) is 20.9. The third kappa shape index (κ3) is 3.45. The molecule has 1 aromatic carbocycles. The van der Waals surface area contributed by atoms with Gasteiger partial charge in [-0.1, -0.05) is 6.07 Å². The van der Waals surface area contributed by atoms with Crippen LogP contribution in [0, 0.1) is 12.7 Å². The van der Waals surface area contributed by atoms with Crippen molar-refractivity contribution in [2.45, 2.75) is 30.7 Å². The standard InChI is InChI=1S/C12H17FN2O2S.ClH/c1-9-4-5-12(11(13)7-9)18(16,17)15-6-2-3-10(14)8-15;/h4-5,7,10H,2-3,6,8,14H2,1H3;1H. The maximum absolute atomic E-state index is 13.8. The topological polar surface area (TPSA) is 63.4 Å². The molecule has 0 radical (unpaired) electrons. The van der Waals surface area contributed by atoms with E-state index in [9.17, 15) is 12.8 Å². The molecular formula is C12H18ClFN2O2S. The first-order valence-corrected chi connectivity index (χ1v) is 7.37. The molecule has 0 aliphatic carbocycles. The van der Waals surface area contributed by atoms with Crippen LogP contribution in [0.5, 0.6) is 0 Å². The Balaban J connectivity index is 0.00000180. The fourth-order valence-corrected chi connectivity index (χ4v) is 3.73. The Morgan fingerprint density at radius 3 is 2.68 bits per heavy atom. The van der Waals surface area contributed by atoms with Gasteiger partial charge in [-0.15, -0.1) is 12.4 Å². The molecule has 19 heavy (non-hydrogen) atoms. The highest BCUT2D eigenvalue weighted by Crippen LogP contribution is 2.23. The van der Waals surface area contributed by atoms with E-state index in [1.54, 1.807) is 13.0 Å². The van der Waals surface area contributed by atoms with Crippen LogP contribution in [0.25, 0.3) is 0 Å². The molecule has 1 aliphatic heterocycles. The second-order valence-electron chi connectivity index (χ2n) is 4.70. The first kappa shape index (κ1) is 16.4. The lowest BCUT2D eigenvalue weighted by molar-refractivity contribution is 0.315. The molecule has 4 nitrogen and oxygen atoms in total. The molecule has 1 aromatic rings. The Morgan fingerprint density at radius 2 is 2.11 bits per heavy atom. The summed E-state index contributed by atoms with van der Waals surface area (Å²) in [7, 11) is -3.76. The fraction of sp³-hybridized carbons (Fsp3) is 0.500. The number of nitrogens with two attached hydrogens (primary N) is 1. The summed E-state index contributed by atoms with van der Waals surface area (Å²) in [6.45, 7) is 2.38. The molecule has 1 saturated heterocycles. The first-order valence-electron chi connectivity index (χ1n) is 5.93. The monoisotopic (exact) mass is 308 g/mol. The predicted molar refractivity (Wildman–Crippen MR) is 74.4 cm³/mol. The predicted octanol–water partition coefficient (Wildman–Crippen LogP) is 1.67. The van der Waals surface area contributed by atoms with Gasteiger partial charge in [-0.05, 0) is 37.5 Å². The number of piperidine rings is 1. The number of benzene rings is 1. The van der Waals surface area contributed by atoms with E-state index in [1.165, 1.54) is 16.4 Å². The molecule has 0 aromatic heterocycles. The molecule has 1 unspecified atom stereocenters. The Bertz CT molecular complexity index is 551. The van der Waals surface area contributed by atoms with Gasteiger partial charge in [0.1, 0.15) is 10.7 Å². The molecule has 1 fully saturated rings. The third-order valence-corrected chi connectivity index (χ3v) is 5.02. The number of aryl methyl sites for hydroxylation is 1. The Hall–Kier alpha value is -0.690. The van der Waals surface area contributed by atoms with E-state index in [4.69, 9.17) is 5.73 Å². The summed E-state index contributed by atoms with van der Waals surface area (Å²) in [5, 5.41) is 0. The van der Waals surface area contributed by atoms with Crippen LogP contribution in [0.4, 0.5) is 4.39 Å². The van der Waals surface area contributed by atoms with Gasteiger partial charge in [-0.2, -0.15) is 4.31 Å².